The van der Waals surface area contributed by atoms with Gasteiger partial charge < -0.3 is 9.47 Å². The molecule has 3 heterocycles. The van der Waals surface area contributed by atoms with Crippen LogP contribution < -0.4 is 0 Å². The van der Waals surface area contributed by atoms with Gasteiger partial charge >= 0.3 is 0 Å². The first kappa shape index (κ1) is 15.7. The molecule has 3 aliphatic heterocycles. The molecule has 0 atom stereocenters. The number of morpholine rings is 1. The minimum atomic E-state index is -0.176. The van der Waals surface area contributed by atoms with Crippen molar-refractivity contribution in [1.82, 2.24) is 9.80 Å². The highest BCUT2D eigenvalue weighted by Crippen LogP contribution is 2.29. The normalized spacial score (nSPS) is 23.8. The molecule has 1 aromatic carbocycles. The number of hydrogen-bond acceptors (Lipinski definition) is 5. The third-order valence-corrected chi connectivity index (χ3v) is 5.25. The molecular formula is C18H22N2O4. The average molecular weight is 330 g/mol. The molecule has 6 nitrogen and oxygen atoms in total. The van der Waals surface area contributed by atoms with E-state index in [4.69, 9.17) is 9.47 Å². The standard InChI is InChI=1S/C18H22N2O4/c21-16-14-3-1-2-4-15(14)17(22)20(16)8-7-19-9-12-24-18(13-19)5-10-23-11-6-18/h1-4H,5-13H2. The minimum Gasteiger partial charge on any atom is -0.381 e. The highest BCUT2D eigenvalue weighted by molar-refractivity contribution is 6.21. The average Bonchev–Trinajstić information content (AvgIpc) is 2.85. The van der Waals surface area contributed by atoms with Crippen LogP contribution in [0.3, 0.4) is 0 Å². The first-order valence-corrected chi connectivity index (χ1v) is 8.58. The van der Waals surface area contributed by atoms with E-state index in [1.165, 1.54) is 4.90 Å². The van der Waals surface area contributed by atoms with Gasteiger partial charge in [-0.3, -0.25) is 19.4 Å². The lowest BCUT2D eigenvalue weighted by molar-refractivity contribution is -0.153. The van der Waals surface area contributed by atoms with Gasteiger partial charge in [-0.25, -0.2) is 0 Å². The summed E-state index contributed by atoms with van der Waals surface area (Å²) in [6, 6.07) is 7.04. The van der Waals surface area contributed by atoms with Crippen molar-refractivity contribution < 1.29 is 19.1 Å². The van der Waals surface area contributed by atoms with Crippen molar-refractivity contribution in [2.24, 2.45) is 0 Å². The van der Waals surface area contributed by atoms with E-state index in [0.717, 1.165) is 39.1 Å². The summed E-state index contributed by atoms with van der Waals surface area (Å²) in [6.07, 6.45) is 1.83. The first-order valence-electron chi connectivity index (χ1n) is 8.58. The van der Waals surface area contributed by atoms with Crippen molar-refractivity contribution in [3.63, 3.8) is 0 Å². The molecule has 0 radical (unpaired) electrons. The molecule has 4 rings (SSSR count). The summed E-state index contributed by atoms with van der Waals surface area (Å²) >= 11 is 0. The summed E-state index contributed by atoms with van der Waals surface area (Å²) in [5.41, 5.74) is 0.925. The second kappa shape index (κ2) is 6.27. The number of carbonyl (C=O) groups excluding carboxylic acids is 2. The van der Waals surface area contributed by atoms with Crippen molar-refractivity contribution in [1.29, 1.82) is 0 Å². The lowest BCUT2D eigenvalue weighted by Crippen LogP contribution is -2.55. The molecule has 0 bridgehead atoms. The summed E-state index contributed by atoms with van der Waals surface area (Å²) in [4.78, 5) is 28.5. The number of hydrogen-bond donors (Lipinski definition) is 0. The number of amides is 2. The van der Waals surface area contributed by atoms with E-state index in [2.05, 4.69) is 4.90 Å². The molecule has 0 aromatic heterocycles. The number of benzene rings is 1. The van der Waals surface area contributed by atoms with Gasteiger partial charge in [0.2, 0.25) is 0 Å². The van der Waals surface area contributed by atoms with Gasteiger partial charge in [-0.05, 0) is 12.1 Å². The molecule has 1 aromatic rings. The fraction of sp³-hybridized carbons (Fsp3) is 0.556. The van der Waals surface area contributed by atoms with Crippen LogP contribution in [0.1, 0.15) is 33.6 Å². The van der Waals surface area contributed by atoms with Crippen LogP contribution in [-0.2, 0) is 9.47 Å². The zero-order chi connectivity index (χ0) is 16.6. The topological polar surface area (TPSA) is 59.1 Å². The van der Waals surface area contributed by atoms with Crippen molar-refractivity contribution >= 4 is 11.8 Å². The molecule has 0 unspecified atom stereocenters. The van der Waals surface area contributed by atoms with E-state index >= 15 is 0 Å². The maximum Gasteiger partial charge on any atom is 0.261 e. The Morgan fingerprint density at radius 2 is 1.62 bits per heavy atom. The van der Waals surface area contributed by atoms with Crippen LogP contribution >= 0.6 is 0 Å². The fourth-order valence-corrected chi connectivity index (χ4v) is 3.84. The summed E-state index contributed by atoms with van der Waals surface area (Å²) in [6.45, 7) is 4.99. The van der Waals surface area contributed by atoms with Crippen LogP contribution in [0, 0.1) is 0 Å². The molecule has 2 amide bonds. The number of nitrogens with zero attached hydrogens (tertiary/aromatic N) is 2. The summed E-state index contributed by atoms with van der Waals surface area (Å²) < 4.78 is 11.5. The zero-order valence-electron chi connectivity index (χ0n) is 13.7. The van der Waals surface area contributed by atoms with Gasteiger partial charge in [-0.1, -0.05) is 12.1 Å². The Balaban J connectivity index is 1.39. The van der Waals surface area contributed by atoms with Crippen molar-refractivity contribution in [2.75, 3.05) is 46.0 Å². The number of carbonyl (C=O) groups is 2. The van der Waals surface area contributed by atoms with Gasteiger partial charge in [0, 0.05) is 52.2 Å². The summed E-state index contributed by atoms with van der Waals surface area (Å²) in [7, 11) is 0. The van der Waals surface area contributed by atoms with Gasteiger partial charge in [0.1, 0.15) is 0 Å². The van der Waals surface area contributed by atoms with Gasteiger partial charge in [0.05, 0.1) is 23.3 Å². The van der Waals surface area contributed by atoms with Gasteiger partial charge in [0.25, 0.3) is 11.8 Å². The zero-order valence-corrected chi connectivity index (χ0v) is 13.7. The lowest BCUT2D eigenvalue weighted by Gasteiger charge is -2.45. The minimum absolute atomic E-state index is 0.113. The number of fused-ring (bicyclic) bond motifs is 1. The number of imide groups is 1. The predicted octanol–water partition coefficient (Wildman–Crippen LogP) is 1.16. The van der Waals surface area contributed by atoms with Crippen LogP contribution in [-0.4, -0.2) is 73.2 Å². The summed E-state index contributed by atoms with van der Waals surface area (Å²) in [5.74, 6) is -0.353. The second-order valence-corrected chi connectivity index (χ2v) is 6.73. The van der Waals surface area contributed by atoms with Crippen molar-refractivity contribution in [3.05, 3.63) is 35.4 Å². The van der Waals surface area contributed by atoms with E-state index in [9.17, 15) is 9.59 Å². The Bertz CT molecular complexity index is 614. The lowest BCUT2D eigenvalue weighted by atomic mass is 9.92. The Morgan fingerprint density at radius 1 is 0.958 bits per heavy atom. The Hall–Kier alpha value is -1.76. The maximum absolute atomic E-state index is 12.4. The Morgan fingerprint density at radius 3 is 2.29 bits per heavy atom. The van der Waals surface area contributed by atoms with Crippen LogP contribution in [0.4, 0.5) is 0 Å². The van der Waals surface area contributed by atoms with Crippen LogP contribution in [0.25, 0.3) is 0 Å². The molecular weight excluding hydrogens is 308 g/mol. The third-order valence-electron chi connectivity index (χ3n) is 5.25. The molecule has 6 heteroatoms. The molecule has 2 saturated heterocycles. The van der Waals surface area contributed by atoms with Gasteiger partial charge in [0.15, 0.2) is 0 Å². The second-order valence-electron chi connectivity index (χ2n) is 6.73. The molecule has 128 valence electrons. The largest absolute Gasteiger partial charge is 0.381 e. The van der Waals surface area contributed by atoms with E-state index in [1.807, 2.05) is 0 Å². The summed E-state index contributed by atoms with van der Waals surface area (Å²) in [5, 5.41) is 0. The molecule has 0 saturated carbocycles. The van der Waals surface area contributed by atoms with Crippen LogP contribution in [0.2, 0.25) is 0 Å². The van der Waals surface area contributed by atoms with Crippen LogP contribution in [0.15, 0.2) is 24.3 Å². The quantitative estimate of drug-likeness (QED) is 0.779. The molecule has 0 aliphatic carbocycles. The van der Waals surface area contributed by atoms with Gasteiger partial charge in [-0.2, -0.15) is 0 Å². The SMILES string of the molecule is O=C1c2ccccc2C(=O)N1CCN1CCOC2(CCOCC2)C1. The first-order chi connectivity index (χ1) is 11.7. The molecule has 1 spiro atoms. The van der Waals surface area contributed by atoms with Crippen molar-refractivity contribution in [2.45, 2.75) is 18.4 Å². The maximum atomic E-state index is 12.4. The van der Waals surface area contributed by atoms with E-state index in [0.29, 0.717) is 30.8 Å². The fourth-order valence-electron chi connectivity index (χ4n) is 3.84. The van der Waals surface area contributed by atoms with Crippen LogP contribution in [0.5, 0.6) is 0 Å². The highest BCUT2D eigenvalue weighted by atomic mass is 16.5. The van der Waals surface area contributed by atoms with E-state index < -0.39 is 0 Å². The number of ether oxygens (including phenoxy) is 2. The Kier molecular flexibility index (Phi) is 4.12. The third kappa shape index (κ3) is 2.75. The molecule has 2 fully saturated rings. The smallest absolute Gasteiger partial charge is 0.261 e. The highest BCUT2D eigenvalue weighted by Gasteiger charge is 2.39. The number of rotatable bonds is 3. The van der Waals surface area contributed by atoms with E-state index in [-0.39, 0.29) is 17.4 Å². The molecule has 3 aliphatic rings. The molecule has 24 heavy (non-hydrogen) atoms. The van der Waals surface area contributed by atoms with Crippen molar-refractivity contribution in [3.8, 4) is 0 Å². The van der Waals surface area contributed by atoms with E-state index in [1.54, 1.807) is 24.3 Å². The van der Waals surface area contributed by atoms with Gasteiger partial charge in [-0.15, -0.1) is 0 Å². The molecule has 0 N–H and O–H groups in total. The predicted molar refractivity (Wildman–Crippen MR) is 87.0 cm³/mol. The Labute approximate surface area is 141 Å². The monoisotopic (exact) mass is 330 g/mol.